The number of hydrogen-bond acceptors (Lipinski definition) is 2. The van der Waals surface area contributed by atoms with E-state index in [0.717, 1.165) is 19.4 Å². The second-order valence-electron chi connectivity index (χ2n) is 3.82. The summed E-state index contributed by atoms with van der Waals surface area (Å²) in [6.45, 7) is 8.50. The van der Waals surface area contributed by atoms with Gasteiger partial charge in [-0.15, -0.1) is 0 Å². The van der Waals surface area contributed by atoms with Gasteiger partial charge in [0.2, 0.25) is 0 Å². The van der Waals surface area contributed by atoms with Crippen molar-refractivity contribution < 1.29 is 10.2 Å². The molecular weight excluding hydrogens is 152 g/mol. The molecule has 0 unspecified atom stereocenters. The molecule has 0 aliphatic rings. The van der Waals surface area contributed by atoms with Crippen molar-refractivity contribution in [1.82, 2.24) is 0 Å². The Balaban J connectivity index is 0. The van der Waals surface area contributed by atoms with Crippen molar-refractivity contribution in [3.63, 3.8) is 0 Å². The van der Waals surface area contributed by atoms with Crippen LogP contribution in [0.1, 0.15) is 40.5 Å². The van der Waals surface area contributed by atoms with Gasteiger partial charge in [0.05, 0.1) is 6.10 Å². The quantitative estimate of drug-likeness (QED) is 0.688. The van der Waals surface area contributed by atoms with Crippen LogP contribution < -0.4 is 0 Å². The predicted octanol–water partition coefficient (Wildman–Crippen LogP) is 2.05. The summed E-state index contributed by atoms with van der Waals surface area (Å²) >= 11 is 0. The molecule has 0 aliphatic carbocycles. The van der Waals surface area contributed by atoms with E-state index >= 15 is 0 Å². The molecule has 76 valence electrons. The van der Waals surface area contributed by atoms with Crippen molar-refractivity contribution in [2.45, 2.75) is 46.6 Å². The van der Waals surface area contributed by atoms with Crippen LogP contribution in [0.25, 0.3) is 0 Å². The molecule has 0 radical (unpaired) electrons. The van der Waals surface area contributed by atoms with Gasteiger partial charge in [-0.05, 0) is 31.6 Å². The Hall–Kier alpha value is -0.0800. The zero-order valence-electron chi connectivity index (χ0n) is 9.04. The van der Waals surface area contributed by atoms with E-state index in [1.807, 2.05) is 6.92 Å². The van der Waals surface area contributed by atoms with E-state index in [2.05, 4.69) is 20.8 Å². The normalized spacial score (nSPS) is 15.0. The molecular formula is C10H24O2. The van der Waals surface area contributed by atoms with Crippen molar-refractivity contribution >= 4 is 0 Å². The molecule has 0 amide bonds. The average Bonchev–Trinajstić information content (AvgIpc) is 1.87. The van der Waals surface area contributed by atoms with Gasteiger partial charge in [0, 0.05) is 7.11 Å². The van der Waals surface area contributed by atoms with Crippen molar-refractivity contribution in [2.75, 3.05) is 7.11 Å². The van der Waals surface area contributed by atoms with Crippen molar-refractivity contribution in [2.24, 2.45) is 11.8 Å². The van der Waals surface area contributed by atoms with E-state index in [-0.39, 0.29) is 6.10 Å². The molecule has 2 heteroatoms. The number of hydrogen-bond donors (Lipinski definition) is 2. The maximum Gasteiger partial charge on any atom is 0.0514 e. The number of aliphatic hydroxyl groups is 2. The second-order valence-corrected chi connectivity index (χ2v) is 3.82. The molecule has 0 aliphatic heterocycles. The highest BCUT2D eigenvalue weighted by molar-refractivity contribution is 4.59. The highest BCUT2D eigenvalue weighted by atomic mass is 16.3. The first-order valence-corrected chi connectivity index (χ1v) is 4.65. The van der Waals surface area contributed by atoms with E-state index in [1.165, 1.54) is 6.42 Å². The monoisotopic (exact) mass is 176 g/mol. The lowest BCUT2D eigenvalue weighted by Crippen LogP contribution is -2.08. The Morgan fingerprint density at radius 3 is 1.58 bits per heavy atom. The van der Waals surface area contributed by atoms with Crippen molar-refractivity contribution in [3.05, 3.63) is 0 Å². The van der Waals surface area contributed by atoms with Gasteiger partial charge in [0.1, 0.15) is 0 Å². The van der Waals surface area contributed by atoms with Crippen LogP contribution in [0, 0.1) is 11.8 Å². The minimum atomic E-state index is -0.131. The van der Waals surface area contributed by atoms with E-state index in [4.69, 9.17) is 10.2 Å². The Morgan fingerprint density at radius 1 is 0.917 bits per heavy atom. The topological polar surface area (TPSA) is 40.5 Å². The average molecular weight is 176 g/mol. The molecule has 0 aromatic rings. The standard InChI is InChI=1S/C9H20O.CH4O/c1-7(2)5-8(3)6-9(4)10;1-2/h7-10H,5-6H2,1-4H3;2H,1H3/t8-,9-;/m0./s1. The SMILES string of the molecule is CC(C)C[C@H](C)C[C@H](C)O.CO. The third kappa shape index (κ3) is 12.6. The van der Waals surface area contributed by atoms with Gasteiger partial charge in [-0.25, -0.2) is 0 Å². The van der Waals surface area contributed by atoms with Gasteiger partial charge in [-0.3, -0.25) is 0 Å². The maximum absolute atomic E-state index is 9.04. The molecule has 0 saturated heterocycles. The van der Waals surface area contributed by atoms with Gasteiger partial charge in [-0.2, -0.15) is 0 Å². The molecule has 0 saturated carbocycles. The molecule has 0 aromatic heterocycles. The molecule has 2 atom stereocenters. The fourth-order valence-electron chi connectivity index (χ4n) is 1.48. The zero-order chi connectivity index (χ0) is 10.1. The summed E-state index contributed by atoms with van der Waals surface area (Å²) in [5, 5.41) is 16.0. The summed E-state index contributed by atoms with van der Waals surface area (Å²) in [6, 6.07) is 0. The van der Waals surface area contributed by atoms with Crippen LogP contribution in [0.15, 0.2) is 0 Å². The van der Waals surface area contributed by atoms with Crippen molar-refractivity contribution in [3.8, 4) is 0 Å². The Kier molecular flexibility index (Phi) is 10.8. The highest BCUT2D eigenvalue weighted by Crippen LogP contribution is 2.15. The van der Waals surface area contributed by atoms with Crippen LogP contribution in [0.4, 0.5) is 0 Å². The van der Waals surface area contributed by atoms with Gasteiger partial charge >= 0.3 is 0 Å². The van der Waals surface area contributed by atoms with E-state index < -0.39 is 0 Å². The Bertz CT molecular complexity index is 69.9. The van der Waals surface area contributed by atoms with Gasteiger partial charge in [0.15, 0.2) is 0 Å². The maximum atomic E-state index is 9.04. The largest absolute Gasteiger partial charge is 0.400 e. The molecule has 0 fully saturated rings. The number of rotatable bonds is 4. The van der Waals surface area contributed by atoms with Gasteiger partial charge in [0.25, 0.3) is 0 Å². The molecule has 2 nitrogen and oxygen atoms in total. The summed E-state index contributed by atoms with van der Waals surface area (Å²) in [6.07, 6.45) is 2.04. The third-order valence-electron chi connectivity index (χ3n) is 1.62. The van der Waals surface area contributed by atoms with E-state index in [1.54, 1.807) is 0 Å². The van der Waals surface area contributed by atoms with Crippen LogP contribution in [0.2, 0.25) is 0 Å². The molecule has 0 rings (SSSR count). The van der Waals surface area contributed by atoms with E-state index in [9.17, 15) is 0 Å². The van der Waals surface area contributed by atoms with Gasteiger partial charge in [-0.1, -0.05) is 20.8 Å². The third-order valence-corrected chi connectivity index (χ3v) is 1.62. The molecule has 2 N–H and O–H groups in total. The number of aliphatic hydroxyl groups excluding tert-OH is 2. The lowest BCUT2D eigenvalue weighted by atomic mass is 9.94. The van der Waals surface area contributed by atoms with Gasteiger partial charge < -0.3 is 10.2 Å². The molecule has 12 heavy (non-hydrogen) atoms. The molecule has 0 spiro atoms. The van der Waals surface area contributed by atoms with Crippen molar-refractivity contribution in [1.29, 1.82) is 0 Å². The van der Waals surface area contributed by atoms with Crippen LogP contribution in [0.3, 0.4) is 0 Å². The second kappa shape index (κ2) is 9.01. The summed E-state index contributed by atoms with van der Waals surface area (Å²) in [7, 11) is 1.00. The Morgan fingerprint density at radius 2 is 1.33 bits per heavy atom. The minimum absolute atomic E-state index is 0.131. The zero-order valence-corrected chi connectivity index (χ0v) is 9.04. The fourth-order valence-corrected chi connectivity index (χ4v) is 1.48. The minimum Gasteiger partial charge on any atom is -0.400 e. The lowest BCUT2D eigenvalue weighted by molar-refractivity contribution is 0.158. The molecule has 0 heterocycles. The Labute approximate surface area is 76.6 Å². The smallest absolute Gasteiger partial charge is 0.0514 e. The van der Waals surface area contributed by atoms with Crippen LogP contribution >= 0.6 is 0 Å². The summed E-state index contributed by atoms with van der Waals surface area (Å²) < 4.78 is 0. The first kappa shape index (κ1) is 14.4. The van der Waals surface area contributed by atoms with Crippen LogP contribution in [0.5, 0.6) is 0 Å². The molecule has 0 aromatic carbocycles. The fraction of sp³-hybridized carbons (Fsp3) is 1.00. The summed E-state index contributed by atoms with van der Waals surface area (Å²) in [5.74, 6) is 1.42. The predicted molar refractivity (Wildman–Crippen MR) is 53.1 cm³/mol. The molecule has 0 bridgehead atoms. The van der Waals surface area contributed by atoms with Crippen LogP contribution in [-0.4, -0.2) is 23.4 Å². The van der Waals surface area contributed by atoms with Crippen LogP contribution in [-0.2, 0) is 0 Å². The first-order chi connectivity index (χ1) is 5.52. The summed E-state index contributed by atoms with van der Waals surface area (Å²) in [4.78, 5) is 0. The lowest BCUT2D eigenvalue weighted by Gasteiger charge is -2.14. The summed E-state index contributed by atoms with van der Waals surface area (Å²) in [5.41, 5.74) is 0. The highest BCUT2D eigenvalue weighted by Gasteiger charge is 2.07. The first-order valence-electron chi connectivity index (χ1n) is 4.65. The van der Waals surface area contributed by atoms with E-state index in [0.29, 0.717) is 5.92 Å².